The predicted molar refractivity (Wildman–Crippen MR) is 174 cm³/mol. The number of rotatable bonds is 12. The molecule has 1 N–H and O–H groups in total. The van der Waals surface area contributed by atoms with Crippen LogP contribution in [0, 0.1) is 37.9 Å². The molecule has 0 fully saturated rings. The molecule has 3 rings (SSSR count). The number of pyridine rings is 1. The first-order valence-corrected chi connectivity index (χ1v) is 15.1. The Bertz CT molecular complexity index is 1660. The SMILES string of the molecule is C#Cc1ncc(C(CC(=O)O)[N+](=C)C(=O)[C@@H](CC(C)C)N2C=C(CCN(C)C)C(C(F)(F)F)=CC2=C)cc1-c1c(C)cc(F)cc1C. The van der Waals surface area contributed by atoms with Gasteiger partial charge in [-0.2, -0.15) is 17.7 Å². The van der Waals surface area contributed by atoms with Crippen LogP contribution in [0.2, 0.25) is 0 Å². The van der Waals surface area contributed by atoms with E-state index in [9.17, 15) is 32.3 Å². The largest absolute Gasteiger partial charge is 0.481 e. The molecule has 11 heteroatoms. The van der Waals surface area contributed by atoms with Gasteiger partial charge in [-0.3, -0.25) is 4.79 Å². The van der Waals surface area contributed by atoms with E-state index in [1.54, 1.807) is 38.9 Å². The average Bonchev–Trinajstić information content (AvgIpc) is 2.96. The molecule has 1 aliphatic heterocycles. The summed E-state index contributed by atoms with van der Waals surface area (Å²) >= 11 is 0. The van der Waals surface area contributed by atoms with Crippen molar-refractivity contribution in [2.45, 2.75) is 65.2 Å². The fourth-order valence-electron chi connectivity index (χ4n) is 5.75. The first kappa shape index (κ1) is 36.9. The fraction of sp³-hybridized carbons (Fsp3) is 0.389. The number of alkyl halides is 3. The molecule has 250 valence electrons. The number of nitrogens with zero attached hydrogens (tertiary/aromatic N) is 4. The first-order valence-electron chi connectivity index (χ1n) is 15.1. The molecule has 0 spiro atoms. The zero-order valence-corrected chi connectivity index (χ0v) is 27.6. The van der Waals surface area contributed by atoms with Crippen molar-refractivity contribution in [3.63, 3.8) is 0 Å². The van der Waals surface area contributed by atoms with Gasteiger partial charge in [0.2, 0.25) is 0 Å². The summed E-state index contributed by atoms with van der Waals surface area (Å²) in [5.74, 6) is 0.166. The van der Waals surface area contributed by atoms with Crippen LogP contribution in [-0.2, 0) is 9.59 Å². The highest BCUT2D eigenvalue weighted by molar-refractivity contribution is 5.78. The van der Waals surface area contributed by atoms with Crippen LogP contribution in [0.5, 0.6) is 0 Å². The summed E-state index contributed by atoms with van der Waals surface area (Å²) in [6, 6.07) is 2.15. The molecule has 0 radical (unpaired) electrons. The van der Waals surface area contributed by atoms with E-state index in [1.165, 1.54) is 29.4 Å². The number of carbonyl (C=O) groups is 2. The van der Waals surface area contributed by atoms with Crippen molar-refractivity contribution in [3.05, 3.63) is 88.3 Å². The van der Waals surface area contributed by atoms with E-state index in [1.807, 2.05) is 13.8 Å². The van der Waals surface area contributed by atoms with Gasteiger partial charge in [0.05, 0.1) is 5.57 Å². The number of halogens is 4. The topological polar surface area (TPSA) is 76.7 Å². The molecular formula is C36H41F4N4O3+. The van der Waals surface area contributed by atoms with Crippen molar-refractivity contribution in [2.24, 2.45) is 5.92 Å². The molecule has 0 bridgehead atoms. The van der Waals surface area contributed by atoms with Gasteiger partial charge in [0.15, 0.2) is 12.1 Å². The van der Waals surface area contributed by atoms with Gasteiger partial charge in [0.25, 0.3) is 0 Å². The number of aliphatic carboxylic acids is 1. The molecule has 7 nitrogen and oxygen atoms in total. The van der Waals surface area contributed by atoms with Crippen molar-refractivity contribution in [2.75, 3.05) is 20.6 Å². The Morgan fingerprint density at radius 1 is 1.17 bits per heavy atom. The molecule has 0 saturated carbocycles. The maximum Gasteiger partial charge on any atom is 0.416 e. The normalized spacial score (nSPS) is 14.9. The second-order valence-electron chi connectivity index (χ2n) is 12.5. The minimum atomic E-state index is -4.63. The van der Waals surface area contributed by atoms with Gasteiger partial charge < -0.3 is 14.9 Å². The number of hydrogen-bond donors (Lipinski definition) is 1. The molecule has 1 unspecified atom stereocenters. The molecule has 1 aliphatic rings. The summed E-state index contributed by atoms with van der Waals surface area (Å²) in [7, 11) is 3.50. The lowest BCUT2D eigenvalue weighted by Crippen LogP contribution is -2.45. The Morgan fingerprint density at radius 3 is 2.30 bits per heavy atom. The number of carboxylic acids is 1. The molecule has 1 amide bonds. The van der Waals surface area contributed by atoms with Gasteiger partial charge >= 0.3 is 18.1 Å². The Labute approximate surface area is 273 Å². The van der Waals surface area contributed by atoms with E-state index in [0.717, 1.165) is 10.7 Å². The van der Waals surface area contributed by atoms with Gasteiger partial charge in [0, 0.05) is 35.8 Å². The smallest absolute Gasteiger partial charge is 0.416 e. The highest BCUT2D eigenvalue weighted by atomic mass is 19.4. The van der Waals surface area contributed by atoms with Gasteiger partial charge in [-0.25, -0.2) is 14.2 Å². The lowest BCUT2D eigenvalue weighted by molar-refractivity contribution is -0.489. The van der Waals surface area contributed by atoms with E-state index in [2.05, 4.69) is 24.2 Å². The number of hydrogen-bond acceptors (Lipinski definition) is 5. The van der Waals surface area contributed by atoms with Crippen molar-refractivity contribution in [1.29, 1.82) is 0 Å². The number of carbonyl (C=O) groups excluding carboxylic acids is 1. The van der Waals surface area contributed by atoms with E-state index < -0.39 is 47.9 Å². The monoisotopic (exact) mass is 653 g/mol. The van der Waals surface area contributed by atoms with Crippen LogP contribution in [0.4, 0.5) is 17.6 Å². The third-order valence-corrected chi connectivity index (χ3v) is 7.96. The van der Waals surface area contributed by atoms with Crippen LogP contribution in [0.3, 0.4) is 0 Å². The van der Waals surface area contributed by atoms with Crippen LogP contribution in [-0.4, -0.2) is 75.9 Å². The van der Waals surface area contributed by atoms with Crippen LogP contribution >= 0.6 is 0 Å². The molecule has 2 aromatic rings. The summed E-state index contributed by atoms with van der Waals surface area (Å²) in [6.07, 6.45) is 4.48. The summed E-state index contributed by atoms with van der Waals surface area (Å²) in [6.45, 7) is 15.3. The number of terminal acetylenes is 1. The van der Waals surface area contributed by atoms with Crippen LogP contribution in [0.25, 0.3) is 11.1 Å². The maximum absolute atomic E-state index is 14.3. The molecule has 1 aromatic carbocycles. The van der Waals surface area contributed by atoms with Gasteiger partial charge in [-0.15, -0.1) is 6.42 Å². The molecule has 0 saturated heterocycles. The quantitative estimate of drug-likeness (QED) is 0.117. The van der Waals surface area contributed by atoms with Crippen molar-refractivity contribution >= 4 is 18.6 Å². The second-order valence-corrected chi connectivity index (χ2v) is 12.5. The summed E-state index contributed by atoms with van der Waals surface area (Å²) < 4.78 is 57.3. The van der Waals surface area contributed by atoms with Gasteiger partial charge in [0.1, 0.15) is 24.6 Å². The molecular weight excluding hydrogens is 612 g/mol. The van der Waals surface area contributed by atoms with E-state index in [-0.39, 0.29) is 35.7 Å². The molecule has 47 heavy (non-hydrogen) atoms. The Morgan fingerprint density at radius 2 is 1.79 bits per heavy atom. The van der Waals surface area contributed by atoms with E-state index in [4.69, 9.17) is 6.42 Å². The average molecular weight is 654 g/mol. The minimum absolute atomic E-state index is 0.00149. The lowest BCUT2D eigenvalue weighted by Gasteiger charge is -2.34. The van der Waals surface area contributed by atoms with Crippen molar-refractivity contribution < 1.29 is 36.8 Å². The molecule has 2 atom stereocenters. The van der Waals surface area contributed by atoms with Gasteiger partial charge in [-0.1, -0.05) is 20.4 Å². The Balaban J connectivity index is 2.14. The van der Waals surface area contributed by atoms with Crippen LogP contribution in [0.1, 0.15) is 61.5 Å². The Hall–Kier alpha value is -4.56. The number of amides is 1. The number of allylic oxidation sites excluding steroid dienone is 2. The Kier molecular flexibility index (Phi) is 11.7. The number of aryl methyl sites for hydroxylation is 2. The third kappa shape index (κ3) is 8.83. The lowest BCUT2D eigenvalue weighted by atomic mass is 9.91. The standard InChI is InChI=1S/C36H40F4N4O3/c1-10-30-28(34-22(4)14-27(37)15-23(34)5)17-26(19-41-30)31(18-33(45)46)43(9)35(47)32(13-21(2)3)44-20-25(11-12-42(7)8)29(16-24(44)6)36(38,39)40/h1,14-17,19-21,31-32H,6,9,11-13,18H2,2-5,7-8H3/p+1/t31?,32-/m1/s1. The number of benzene rings is 1. The number of carboxylic acid groups (broad SMARTS) is 1. The maximum atomic E-state index is 14.3. The van der Waals surface area contributed by atoms with E-state index >= 15 is 0 Å². The van der Waals surface area contributed by atoms with Crippen molar-refractivity contribution in [1.82, 2.24) is 14.8 Å². The minimum Gasteiger partial charge on any atom is -0.481 e. The summed E-state index contributed by atoms with van der Waals surface area (Å²) in [4.78, 5) is 34.0. The zero-order chi connectivity index (χ0) is 35.4. The van der Waals surface area contributed by atoms with Crippen molar-refractivity contribution in [3.8, 4) is 23.5 Å². The van der Waals surface area contributed by atoms with Gasteiger partial charge in [-0.05, 0) is 99.2 Å². The fourth-order valence-corrected chi connectivity index (χ4v) is 5.75. The first-order chi connectivity index (χ1) is 21.8. The highest BCUT2D eigenvalue weighted by Crippen LogP contribution is 2.39. The molecule has 1 aromatic heterocycles. The summed E-state index contributed by atoms with van der Waals surface area (Å²) in [5.41, 5.74) is 1.94. The molecule has 0 aliphatic carbocycles. The number of aromatic nitrogens is 1. The summed E-state index contributed by atoms with van der Waals surface area (Å²) in [5, 5.41) is 9.89. The predicted octanol–water partition coefficient (Wildman–Crippen LogP) is 6.81. The van der Waals surface area contributed by atoms with Crippen LogP contribution in [0.15, 0.2) is 60.1 Å². The van der Waals surface area contributed by atoms with Crippen LogP contribution < -0.4 is 0 Å². The zero-order valence-electron chi connectivity index (χ0n) is 27.6. The van der Waals surface area contributed by atoms with E-state index in [0.29, 0.717) is 34.4 Å². The highest BCUT2D eigenvalue weighted by Gasteiger charge is 2.43. The molecule has 2 heterocycles. The second kappa shape index (κ2) is 14.9. The third-order valence-electron chi connectivity index (χ3n) is 7.96.